The second kappa shape index (κ2) is 54.4. The Morgan fingerprint density at radius 1 is 0.216 bits per heavy atom. The van der Waals surface area contributed by atoms with Gasteiger partial charge in [0.25, 0.3) is 0 Å². The number of amides is 6. The Labute approximate surface area is 734 Å². The van der Waals surface area contributed by atoms with Crippen LogP contribution in [0.5, 0.6) is 0 Å². The molecule has 0 atom stereocenters. The summed E-state index contributed by atoms with van der Waals surface area (Å²) in [5, 5.41) is 66.8. The Kier molecular flexibility index (Phi) is 47.7. The molecule has 0 saturated heterocycles. The first kappa shape index (κ1) is 102. The number of carbonyl (C=O) groups excluding carboxylic acids is 12. The van der Waals surface area contributed by atoms with Crippen LogP contribution in [-0.2, 0) is 57.5 Å². The van der Waals surface area contributed by atoms with Crippen LogP contribution in [0, 0.1) is 83.5 Å². The minimum Gasteiger partial charge on any atom is -0.548 e. The summed E-state index contributed by atoms with van der Waals surface area (Å²) < 4.78 is 0. The number of hydrogen-bond acceptors (Lipinski definition) is 22. The number of anilines is 6. The van der Waals surface area contributed by atoms with E-state index >= 15 is 0 Å². The van der Waals surface area contributed by atoms with E-state index in [4.69, 9.17) is 0 Å². The van der Waals surface area contributed by atoms with E-state index in [9.17, 15) is 88.2 Å². The Morgan fingerprint density at radius 3 is 0.457 bits per heavy atom. The van der Waals surface area contributed by atoms with Crippen molar-refractivity contribution in [2.75, 3.05) is 68.7 Å². The minimum atomic E-state index is -1.27. The van der Waals surface area contributed by atoms with E-state index in [1.165, 1.54) is 41.5 Å². The monoisotopic (exact) mass is 1830 g/mol. The number of aliphatic carboxylic acids is 6. The van der Waals surface area contributed by atoms with Gasteiger partial charge in [0.2, 0.25) is 35.4 Å². The number of para-hydroxylation sites is 6. The van der Waals surface area contributed by atoms with E-state index in [0.29, 0.717) is 34.1 Å². The fourth-order valence-corrected chi connectivity index (χ4v) is 10.1. The number of carboxylic acid groups (broad SMARTS) is 6. The molecule has 0 aliphatic heterocycles. The van der Waals surface area contributed by atoms with Gasteiger partial charge in [0.15, 0.2) is 0 Å². The van der Waals surface area contributed by atoms with E-state index in [-0.39, 0.29) is 130 Å². The smallest absolute Gasteiger partial charge is 0.548 e. The van der Waals surface area contributed by atoms with Gasteiger partial charge >= 0.3 is 83.5 Å². The van der Waals surface area contributed by atoms with Crippen molar-refractivity contribution < 1.29 is 183 Å². The predicted octanol–water partition coefficient (Wildman–Crippen LogP) is 2.65. The Bertz CT molecular complexity index is 4380. The summed E-state index contributed by atoms with van der Waals surface area (Å²) in [7, 11) is 0. The number of hydrogen-bond donors (Lipinski definition) is 0. The van der Waals surface area contributed by atoms with Crippen LogP contribution in [-0.4, -0.2) is 141 Å². The molecule has 4 N–H and O–H groups in total. The van der Waals surface area contributed by atoms with Gasteiger partial charge < -0.3 is 99.8 Å². The zero-order valence-corrected chi connectivity index (χ0v) is 69.9. The first-order valence-electron chi connectivity index (χ1n) is 33.9. The number of benzene rings is 8. The standard InChI is InChI=1S/2C12H8N2.6C10H11NO3.2Ce.2H2O/c2*1-3-9-5-6-10-4-2-8-14-12(10)11(9)13-7-1;6*1-8(12)11(7-10(13)14)9-5-3-2-4-6-9;;;;/h2*1-8H;6*2-6H,7H2,1H3,(H,13,14);;;2*1H2/q;;;;;;;;2*+3;;/p-6. The van der Waals surface area contributed by atoms with Crippen molar-refractivity contribution >= 4 is 149 Å². The molecule has 12 rings (SSSR count). The van der Waals surface area contributed by atoms with Crippen LogP contribution in [0.15, 0.2) is 280 Å². The van der Waals surface area contributed by atoms with Crippen molar-refractivity contribution in [1.29, 1.82) is 0 Å². The van der Waals surface area contributed by atoms with Crippen LogP contribution in [0.1, 0.15) is 41.5 Å². The molecule has 4 heterocycles. The molecule has 32 heteroatoms. The number of pyridine rings is 4. The molecule has 0 bridgehead atoms. The largest absolute Gasteiger partial charge is 3.00 e. The minimum absolute atomic E-state index is 0. The van der Waals surface area contributed by atoms with Crippen molar-refractivity contribution in [2.24, 2.45) is 0 Å². The summed E-state index contributed by atoms with van der Waals surface area (Å²) in [5.41, 5.74) is 7.27. The maximum absolute atomic E-state index is 11.1. The van der Waals surface area contributed by atoms with E-state index < -0.39 is 75.1 Å². The molecule has 0 saturated carbocycles. The quantitative estimate of drug-likeness (QED) is 0.111. The van der Waals surface area contributed by atoms with E-state index in [0.717, 1.165) is 73.0 Å². The van der Waals surface area contributed by atoms with Crippen LogP contribution < -0.4 is 60.0 Å². The molecule has 2 radical (unpaired) electrons. The molecule has 0 spiro atoms. The fraction of sp³-hybridized carbons (Fsp3) is 0.143. The summed E-state index contributed by atoms with van der Waals surface area (Å²) >= 11 is 0. The molecular formula is C84H80Ce2N10O20. The molecule has 0 aliphatic carbocycles. The summed E-state index contributed by atoms with van der Waals surface area (Å²) in [5.74, 6) is -9.56. The summed E-state index contributed by atoms with van der Waals surface area (Å²) in [6, 6.07) is 75.9. The van der Waals surface area contributed by atoms with Crippen molar-refractivity contribution in [3.05, 3.63) is 280 Å². The van der Waals surface area contributed by atoms with Crippen molar-refractivity contribution in [3.8, 4) is 0 Å². The average Bonchev–Trinajstić information content (AvgIpc) is 0.801. The second-order valence-electron chi connectivity index (χ2n) is 23.3. The molecule has 6 amide bonds. The zero-order chi connectivity index (χ0) is 82.1. The molecular weight excluding hydrogens is 1750 g/mol. The van der Waals surface area contributed by atoms with Gasteiger partial charge in [0.05, 0.1) is 97.2 Å². The molecule has 594 valence electrons. The number of nitrogens with zero attached hydrogens (tertiary/aromatic N) is 10. The van der Waals surface area contributed by atoms with Crippen LogP contribution in [0.4, 0.5) is 34.1 Å². The van der Waals surface area contributed by atoms with Gasteiger partial charge in [-0.05, 0) is 97.1 Å². The third-order valence-corrected chi connectivity index (χ3v) is 15.1. The SMILES string of the molecule is CC(=O)N(CC(=O)[O-])c1ccccc1.CC(=O)N(CC(=O)[O-])c1ccccc1.CC(=O)N(CC(=O)[O-])c1ccccc1.CC(=O)N(CC(=O)[O-])c1ccccc1.CC(=O)N(CC(=O)[O-])c1ccccc1.CC(=O)N(CC(=O)[O-])c1ccccc1.O.O.[Ce+3].[Ce+3].c1cnc2c(c1)ccc1cccnc12.c1cnc2c(c1)ccc1cccnc12. The maximum Gasteiger partial charge on any atom is 3.00 e. The summed E-state index contributed by atoms with van der Waals surface area (Å²) in [6.45, 7) is 5.39. The molecule has 30 nitrogen and oxygen atoms in total. The number of carbonyl (C=O) groups is 12. The average molecular weight is 1830 g/mol. The van der Waals surface area contributed by atoms with Crippen LogP contribution >= 0.6 is 0 Å². The summed E-state index contributed by atoms with van der Waals surface area (Å²) in [4.78, 5) is 153. The van der Waals surface area contributed by atoms with Crippen LogP contribution in [0.25, 0.3) is 43.6 Å². The first-order valence-corrected chi connectivity index (χ1v) is 33.9. The number of rotatable bonds is 18. The van der Waals surface area contributed by atoms with Crippen molar-refractivity contribution in [3.63, 3.8) is 0 Å². The van der Waals surface area contributed by atoms with E-state index in [2.05, 4.69) is 68.5 Å². The molecule has 116 heavy (non-hydrogen) atoms. The molecule has 12 aromatic rings. The Morgan fingerprint density at radius 2 is 0.345 bits per heavy atom. The summed E-state index contributed by atoms with van der Waals surface area (Å²) in [6.07, 6.45) is 7.21. The van der Waals surface area contributed by atoms with Crippen molar-refractivity contribution in [1.82, 2.24) is 19.9 Å². The Balaban J connectivity index is 0.000000660. The van der Waals surface area contributed by atoms with Crippen LogP contribution in [0.2, 0.25) is 0 Å². The second-order valence-corrected chi connectivity index (χ2v) is 23.3. The van der Waals surface area contributed by atoms with Gasteiger partial charge in [-0.15, -0.1) is 0 Å². The number of aromatic nitrogens is 4. The third-order valence-electron chi connectivity index (χ3n) is 15.1. The van der Waals surface area contributed by atoms with Gasteiger partial charge in [0.1, 0.15) is 0 Å². The number of fused-ring (bicyclic) bond motifs is 6. The normalized spacial score (nSPS) is 9.50. The Hall–Kier alpha value is -12.3. The topological polar surface area (TPSA) is 477 Å². The van der Waals surface area contributed by atoms with Crippen molar-refractivity contribution in [2.45, 2.75) is 41.5 Å². The fourth-order valence-electron chi connectivity index (χ4n) is 10.1. The van der Waals surface area contributed by atoms with Crippen LogP contribution in [0.3, 0.4) is 0 Å². The van der Waals surface area contributed by atoms with Gasteiger partial charge in [0, 0.05) is 122 Å². The van der Waals surface area contributed by atoms with Gasteiger partial charge in [-0.25, -0.2) is 0 Å². The zero-order valence-electron chi connectivity index (χ0n) is 63.6. The van der Waals surface area contributed by atoms with Gasteiger partial charge in [-0.3, -0.25) is 48.7 Å². The molecule has 0 aliphatic rings. The molecule has 0 fully saturated rings. The van der Waals surface area contributed by atoms with Gasteiger partial charge in [-0.2, -0.15) is 0 Å². The molecule has 8 aromatic carbocycles. The predicted molar refractivity (Wildman–Crippen MR) is 418 cm³/mol. The van der Waals surface area contributed by atoms with Gasteiger partial charge in [-0.1, -0.05) is 158 Å². The third kappa shape index (κ3) is 35.8. The number of carboxylic acids is 6. The maximum atomic E-state index is 11.1. The van der Waals surface area contributed by atoms with E-state index in [1.54, 1.807) is 207 Å². The first-order chi connectivity index (χ1) is 53.6. The molecule has 4 aromatic heterocycles. The molecule has 0 unspecified atom stereocenters. The van der Waals surface area contributed by atoms with E-state index in [1.807, 2.05) is 24.3 Å².